The van der Waals surface area contributed by atoms with Crippen molar-refractivity contribution in [1.29, 1.82) is 0 Å². The van der Waals surface area contributed by atoms with E-state index in [1.807, 2.05) is 30.3 Å². The van der Waals surface area contributed by atoms with Crippen molar-refractivity contribution in [3.05, 3.63) is 35.9 Å². The summed E-state index contributed by atoms with van der Waals surface area (Å²) in [5.74, 6) is 0.0542. The molecule has 2 unspecified atom stereocenters. The van der Waals surface area contributed by atoms with Crippen molar-refractivity contribution in [3.63, 3.8) is 0 Å². The monoisotopic (exact) mass is 315 g/mol. The van der Waals surface area contributed by atoms with Gasteiger partial charge in [0.2, 0.25) is 10.0 Å². The predicted molar refractivity (Wildman–Crippen MR) is 76.7 cm³/mol. The first-order valence-corrected chi connectivity index (χ1v) is 9.98. The minimum Gasteiger partial charge on any atom is -0.229 e. The van der Waals surface area contributed by atoms with Crippen LogP contribution in [0.1, 0.15) is 17.9 Å². The maximum absolute atomic E-state index is 12.4. The minimum absolute atomic E-state index is 0.0542. The lowest BCUT2D eigenvalue weighted by molar-refractivity contribution is 0.310. The average molecular weight is 315 g/mol. The summed E-state index contributed by atoms with van der Waals surface area (Å²) in [5.41, 5.74) is 1.04. The Morgan fingerprint density at radius 1 is 1.05 bits per heavy atom. The third-order valence-electron chi connectivity index (χ3n) is 4.12. The van der Waals surface area contributed by atoms with Gasteiger partial charge in [0.1, 0.15) is 0 Å². The quantitative estimate of drug-likeness (QED) is 0.816. The Hall–Kier alpha value is -0.920. The van der Waals surface area contributed by atoms with Crippen LogP contribution in [0.25, 0.3) is 0 Å². The fraction of sp³-hybridized carbons (Fsp3) is 0.538. The van der Waals surface area contributed by atoms with Crippen LogP contribution in [0.5, 0.6) is 0 Å². The summed E-state index contributed by atoms with van der Waals surface area (Å²) in [4.78, 5) is 0. The summed E-state index contributed by atoms with van der Waals surface area (Å²) in [5, 5.41) is -0.920. The van der Waals surface area contributed by atoms with Gasteiger partial charge in [-0.15, -0.1) is 0 Å². The van der Waals surface area contributed by atoms with E-state index in [9.17, 15) is 16.8 Å². The molecule has 110 valence electrons. The van der Waals surface area contributed by atoms with E-state index in [1.165, 1.54) is 4.31 Å². The molecule has 2 atom stereocenters. The molecule has 1 aromatic carbocycles. The van der Waals surface area contributed by atoms with E-state index in [0.29, 0.717) is 6.42 Å². The molecule has 1 saturated heterocycles. The van der Waals surface area contributed by atoms with E-state index in [2.05, 4.69) is 0 Å². The zero-order valence-electron chi connectivity index (χ0n) is 11.1. The van der Waals surface area contributed by atoms with Gasteiger partial charge >= 0.3 is 0 Å². The van der Waals surface area contributed by atoms with Crippen LogP contribution < -0.4 is 0 Å². The van der Waals surface area contributed by atoms with Crippen LogP contribution in [-0.2, 0) is 19.9 Å². The first kappa shape index (κ1) is 14.0. The van der Waals surface area contributed by atoms with Crippen LogP contribution in [0, 0.1) is 0 Å². The molecule has 0 spiro atoms. The molecule has 1 aromatic rings. The lowest BCUT2D eigenvalue weighted by Gasteiger charge is -2.36. The molecule has 2 fully saturated rings. The van der Waals surface area contributed by atoms with Crippen LogP contribution in [0.2, 0.25) is 0 Å². The fourth-order valence-electron chi connectivity index (χ4n) is 2.62. The van der Waals surface area contributed by atoms with Gasteiger partial charge in [-0.2, -0.15) is 4.31 Å². The van der Waals surface area contributed by atoms with Crippen molar-refractivity contribution in [2.24, 2.45) is 0 Å². The van der Waals surface area contributed by atoms with Crippen LogP contribution in [0.15, 0.2) is 30.3 Å². The smallest absolute Gasteiger partial charge is 0.217 e. The molecule has 20 heavy (non-hydrogen) atoms. The van der Waals surface area contributed by atoms with Gasteiger partial charge < -0.3 is 0 Å². The van der Waals surface area contributed by atoms with E-state index >= 15 is 0 Å². The highest BCUT2D eigenvalue weighted by Gasteiger charge is 2.53. The second-order valence-electron chi connectivity index (χ2n) is 5.60. The van der Waals surface area contributed by atoms with Gasteiger partial charge in [-0.3, -0.25) is 0 Å². The van der Waals surface area contributed by atoms with Crippen molar-refractivity contribution in [1.82, 2.24) is 4.31 Å². The number of hydrogen-bond acceptors (Lipinski definition) is 4. The Balaban J connectivity index is 1.68. The summed E-state index contributed by atoms with van der Waals surface area (Å²) in [6.07, 6.45) is 1.79. The van der Waals surface area contributed by atoms with Gasteiger partial charge in [0.15, 0.2) is 9.84 Å². The molecule has 2 aliphatic rings. The van der Waals surface area contributed by atoms with Crippen molar-refractivity contribution in [2.45, 2.75) is 22.8 Å². The fourth-order valence-corrected chi connectivity index (χ4v) is 5.89. The maximum Gasteiger partial charge on any atom is 0.217 e. The van der Waals surface area contributed by atoms with Gasteiger partial charge in [-0.25, -0.2) is 16.8 Å². The van der Waals surface area contributed by atoms with Crippen LogP contribution in [-0.4, -0.2) is 51.0 Å². The molecule has 7 heteroatoms. The Morgan fingerprint density at radius 3 is 2.20 bits per heavy atom. The first-order valence-electron chi connectivity index (χ1n) is 6.53. The molecule has 1 aliphatic heterocycles. The molecular weight excluding hydrogens is 298 g/mol. The summed E-state index contributed by atoms with van der Waals surface area (Å²) in [6, 6.07) is 9.59. The van der Waals surface area contributed by atoms with Gasteiger partial charge in [-0.05, 0) is 12.0 Å². The van der Waals surface area contributed by atoms with E-state index in [4.69, 9.17) is 0 Å². The molecule has 3 rings (SSSR count). The third kappa shape index (κ3) is 2.38. The Labute approximate surface area is 119 Å². The summed E-state index contributed by atoms with van der Waals surface area (Å²) in [7, 11) is -6.49. The molecular formula is C13H17NO4S2. The van der Waals surface area contributed by atoms with Crippen molar-refractivity contribution in [2.75, 3.05) is 19.3 Å². The highest BCUT2D eigenvalue weighted by molar-refractivity contribution is 7.92. The lowest BCUT2D eigenvalue weighted by Crippen LogP contribution is -2.57. The van der Waals surface area contributed by atoms with Crippen LogP contribution in [0.3, 0.4) is 0 Å². The van der Waals surface area contributed by atoms with Crippen molar-refractivity contribution < 1.29 is 16.8 Å². The van der Waals surface area contributed by atoms with Crippen LogP contribution in [0.4, 0.5) is 0 Å². The van der Waals surface area contributed by atoms with Gasteiger partial charge in [-0.1, -0.05) is 30.3 Å². The first-order chi connectivity index (χ1) is 9.30. The van der Waals surface area contributed by atoms with Crippen molar-refractivity contribution in [3.8, 4) is 0 Å². The predicted octanol–water partition coefficient (Wildman–Crippen LogP) is 0.601. The molecule has 1 aliphatic carbocycles. The maximum atomic E-state index is 12.4. The van der Waals surface area contributed by atoms with Crippen molar-refractivity contribution >= 4 is 19.9 Å². The molecule has 1 saturated carbocycles. The molecule has 1 heterocycles. The number of sulfone groups is 1. The van der Waals surface area contributed by atoms with E-state index < -0.39 is 25.1 Å². The standard InChI is InChI=1S/C13H17NO4S2/c1-19(15,16)11-8-14(9-11)20(17,18)13-7-12(13)10-5-3-2-4-6-10/h2-6,11-13H,7-9H2,1H3. The average Bonchev–Trinajstić information content (AvgIpc) is 3.05. The van der Waals surface area contributed by atoms with Gasteiger partial charge in [0.25, 0.3) is 0 Å². The zero-order chi connectivity index (χ0) is 14.5. The largest absolute Gasteiger partial charge is 0.229 e. The second kappa shape index (κ2) is 4.54. The Kier molecular flexibility index (Phi) is 3.19. The number of rotatable bonds is 4. The molecule has 5 nitrogen and oxygen atoms in total. The summed E-state index contributed by atoms with van der Waals surface area (Å²) < 4.78 is 48.7. The number of sulfonamides is 1. The highest BCUT2D eigenvalue weighted by atomic mass is 32.2. The van der Waals surface area contributed by atoms with Crippen LogP contribution >= 0.6 is 0 Å². The van der Waals surface area contributed by atoms with E-state index in [1.54, 1.807) is 0 Å². The lowest BCUT2D eigenvalue weighted by atomic mass is 10.1. The SMILES string of the molecule is CS(=O)(=O)C1CN(S(=O)(=O)C2CC2c2ccccc2)C1. The number of hydrogen-bond donors (Lipinski definition) is 0. The molecule has 0 amide bonds. The van der Waals surface area contributed by atoms with Gasteiger partial charge in [0, 0.05) is 25.3 Å². The zero-order valence-corrected chi connectivity index (χ0v) is 12.8. The molecule has 0 radical (unpaired) electrons. The second-order valence-corrected chi connectivity index (χ2v) is 10.1. The summed E-state index contributed by atoms with van der Waals surface area (Å²) in [6.45, 7) is 0.221. The number of nitrogens with zero attached hydrogens (tertiary/aromatic N) is 1. The third-order valence-corrected chi connectivity index (χ3v) is 7.94. The Bertz CT molecular complexity index is 706. The minimum atomic E-state index is -3.35. The Morgan fingerprint density at radius 2 is 1.65 bits per heavy atom. The molecule has 0 aromatic heterocycles. The molecule has 0 N–H and O–H groups in total. The topological polar surface area (TPSA) is 71.5 Å². The highest BCUT2D eigenvalue weighted by Crippen LogP contribution is 2.47. The normalized spacial score (nSPS) is 28.1. The van der Waals surface area contributed by atoms with Gasteiger partial charge in [0.05, 0.1) is 10.5 Å². The summed E-state index contributed by atoms with van der Waals surface area (Å²) >= 11 is 0. The van der Waals surface area contributed by atoms with E-state index in [-0.39, 0.29) is 24.3 Å². The molecule has 0 bridgehead atoms. The van der Waals surface area contributed by atoms with E-state index in [0.717, 1.165) is 11.8 Å². The number of benzene rings is 1.